The van der Waals surface area contributed by atoms with Crippen molar-refractivity contribution in [2.75, 3.05) is 0 Å². The Morgan fingerprint density at radius 1 is 0.586 bits per heavy atom. The first-order chi connectivity index (χ1) is 13.1. The van der Waals surface area contributed by atoms with Crippen LogP contribution in [0.3, 0.4) is 0 Å². The van der Waals surface area contributed by atoms with E-state index in [-0.39, 0.29) is 26.2 Å². The second-order valence-corrected chi connectivity index (χ2v) is 21.3. The normalized spacial score (nSPS) is 11.8. The van der Waals surface area contributed by atoms with Crippen molar-refractivity contribution in [3.8, 4) is 0 Å². The van der Waals surface area contributed by atoms with Crippen molar-refractivity contribution >= 4 is 37.7 Å². The van der Waals surface area contributed by atoms with Crippen LogP contribution in [0.4, 0.5) is 0 Å². The van der Waals surface area contributed by atoms with Gasteiger partial charge < -0.3 is 0 Å². The van der Waals surface area contributed by atoms with Crippen molar-refractivity contribution in [3.05, 3.63) is 83.9 Å². The Labute approximate surface area is 198 Å². The average molecular weight is 494 g/mol. The van der Waals surface area contributed by atoms with E-state index in [1.807, 2.05) is 0 Å². The van der Waals surface area contributed by atoms with Crippen molar-refractivity contribution in [3.63, 3.8) is 0 Å². The van der Waals surface area contributed by atoms with Gasteiger partial charge in [-0.1, -0.05) is 63.5 Å². The second-order valence-electron chi connectivity index (χ2n) is 10.4. The third-order valence-electron chi connectivity index (χ3n) is 4.98. The van der Waals surface area contributed by atoms with Crippen LogP contribution in [0.25, 0.3) is 21.5 Å². The van der Waals surface area contributed by atoms with E-state index in [0.29, 0.717) is 0 Å². The molecular formula is C26H34Si2Zr. The smallest absolute Gasteiger partial charge is 0.156 e. The van der Waals surface area contributed by atoms with Crippen molar-refractivity contribution in [2.45, 2.75) is 51.4 Å². The Kier molecular flexibility index (Phi) is 8.24. The van der Waals surface area contributed by atoms with E-state index in [0.717, 1.165) is 0 Å². The molecule has 4 rings (SSSR count). The predicted molar refractivity (Wildman–Crippen MR) is 133 cm³/mol. The third kappa shape index (κ3) is 7.02. The van der Waals surface area contributed by atoms with Gasteiger partial charge in [-0.3, -0.25) is 0 Å². The topological polar surface area (TPSA) is 0 Å². The van der Waals surface area contributed by atoms with Crippen LogP contribution in [-0.4, -0.2) is 16.1 Å². The minimum absolute atomic E-state index is 0. The molecule has 3 heteroatoms. The van der Waals surface area contributed by atoms with E-state index < -0.39 is 16.1 Å². The van der Waals surface area contributed by atoms with E-state index in [9.17, 15) is 0 Å². The predicted octanol–water partition coefficient (Wildman–Crippen LogP) is 7.95. The van der Waals surface area contributed by atoms with E-state index in [2.05, 4.69) is 112 Å². The maximum Gasteiger partial charge on any atom is 2.00 e. The van der Waals surface area contributed by atoms with Crippen LogP contribution < -0.4 is 0 Å². The number of fused-ring (bicyclic) bond motifs is 2. The molecule has 0 radical (unpaired) electrons. The van der Waals surface area contributed by atoms with Gasteiger partial charge in [0.05, 0.1) is 0 Å². The van der Waals surface area contributed by atoms with Crippen LogP contribution in [0.15, 0.2) is 72.8 Å². The molecule has 0 atom stereocenters. The van der Waals surface area contributed by atoms with Gasteiger partial charge in [-0.2, -0.15) is 23.3 Å². The van der Waals surface area contributed by atoms with Gasteiger partial charge in [-0.05, 0) is 0 Å². The van der Waals surface area contributed by atoms with E-state index in [1.54, 1.807) is 11.1 Å². The Hall–Kier alpha value is -1.02. The van der Waals surface area contributed by atoms with Crippen molar-refractivity contribution in [2.24, 2.45) is 0 Å². The summed E-state index contributed by atoms with van der Waals surface area (Å²) in [6.45, 7) is 14.6. The van der Waals surface area contributed by atoms with Gasteiger partial charge in [-0.25, -0.2) is 0 Å². The van der Waals surface area contributed by atoms with Gasteiger partial charge in [0, 0.05) is 16.1 Å². The molecule has 0 aromatic heterocycles. The van der Waals surface area contributed by atoms with Crippen LogP contribution in [0.2, 0.25) is 39.3 Å². The number of hydrogen-bond acceptors (Lipinski definition) is 0. The Bertz CT molecular complexity index is 956. The summed E-state index contributed by atoms with van der Waals surface area (Å²) in [5.74, 6) is 0. The number of rotatable bonds is 4. The fourth-order valence-electron chi connectivity index (χ4n) is 3.88. The minimum Gasteiger partial charge on any atom is -0.156 e. The molecule has 0 nitrogen and oxygen atoms in total. The molecule has 150 valence electrons. The summed E-state index contributed by atoms with van der Waals surface area (Å²) in [7, 11) is -1.96. The average Bonchev–Trinajstić information content (AvgIpc) is 3.18. The minimum atomic E-state index is -0.979. The number of benzene rings is 2. The Morgan fingerprint density at radius 2 is 0.931 bits per heavy atom. The van der Waals surface area contributed by atoms with Gasteiger partial charge in [0.15, 0.2) is 0 Å². The molecule has 0 fully saturated rings. The summed E-state index contributed by atoms with van der Waals surface area (Å²) in [4.78, 5) is 0. The fourth-order valence-corrected chi connectivity index (χ4v) is 6.78. The molecular weight excluding hydrogens is 460 g/mol. The van der Waals surface area contributed by atoms with Crippen LogP contribution in [-0.2, 0) is 38.3 Å². The van der Waals surface area contributed by atoms with Crippen LogP contribution in [0.1, 0.15) is 11.1 Å². The maximum atomic E-state index is 2.43. The first-order valence-electron chi connectivity index (χ1n) is 10.4. The quantitative estimate of drug-likeness (QED) is 0.200. The molecule has 0 aliphatic rings. The summed E-state index contributed by atoms with van der Waals surface area (Å²) >= 11 is 0. The van der Waals surface area contributed by atoms with E-state index in [1.165, 1.54) is 33.6 Å². The van der Waals surface area contributed by atoms with Gasteiger partial charge in [0.2, 0.25) is 0 Å². The molecule has 4 aromatic carbocycles. The van der Waals surface area contributed by atoms with Crippen LogP contribution in [0.5, 0.6) is 0 Å². The van der Waals surface area contributed by atoms with Crippen LogP contribution >= 0.6 is 0 Å². The molecule has 4 aromatic rings. The second kappa shape index (κ2) is 9.86. The fraction of sp³-hybridized carbons (Fsp3) is 0.308. The summed E-state index contributed by atoms with van der Waals surface area (Å²) in [5.41, 5.74) is 3.08. The molecule has 0 saturated carbocycles. The molecule has 0 amide bonds. The summed E-state index contributed by atoms with van der Waals surface area (Å²) in [5, 5.41) is 5.69. The molecule has 0 unspecified atom stereocenters. The first-order valence-corrected chi connectivity index (χ1v) is 17.8. The standard InChI is InChI=1S/2C13H17Si.Zr/c2*1-14(2,3)10-12-9-8-11-6-4-5-7-13(11)12;/h2*4-9H,10H2,1-3H3;/q2*-1;+2. The molecule has 0 N–H and O–H groups in total. The Balaban J connectivity index is 0.000000200. The van der Waals surface area contributed by atoms with Crippen molar-refractivity contribution in [1.82, 2.24) is 0 Å². The zero-order valence-corrected chi connectivity index (χ0v) is 23.3. The molecule has 0 saturated heterocycles. The van der Waals surface area contributed by atoms with Gasteiger partial charge in [0.25, 0.3) is 0 Å². The molecule has 0 heterocycles. The SMILES string of the molecule is C[Si](C)(C)Cc1c[cH-]c2ccccc12.C[Si](C)(C)Cc1c[cH-]c2ccccc12.[Zr+2]. The van der Waals surface area contributed by atoms with Crippen LogP contribution in [0, 0.1) is 0 Å². The summed E-state index contributed by atoms with van der Waals surface area (Å²) < 4.78 is 0. The molecule has 29 heavy (non-hydrogen) atoms. The summed E-state index contributed by atoms with van der Waals surface area (Å²) in [6, 6.07) is 29.0. The van der Waals surface area contributed by atoms with Gasteiger partial charge in [-0.15, -0.1) is 70.1 Å². The molecule has 0 aliphatic carbocycles. The van der Waals surface area contributed by atoms with Crippen molar-refractivity contribution < 1.29 is 26.2 Å². The maximum absolute atomic E-state index is 2.43. The molecule has 0 aliphatic heterocycles. The third-order valence-corrected chi connectivity index (χ3v) is 7.87. The van der Waals surface area contributed by atoms with Crippen molar-refractivity contribution in [1.29, 1.82) is 0 Å². The first kappa shape index (κ1) is 24.2. The zero-order valence-electron chi connectivity index (χ0n) is 18.8. The number of hydrogen-bond donors (Lipinski definition) is 0. The summed E-state index contributed by atoms with van der Waals surface area (Å²) in [6.07, 6.45) is 0. The zero-order chi connectivity index (χ0) is 20.4. The van der Waals surface area contributed by atoms with Gasteiger partial charge >= 0.3 is 26.2 Å². The van der Waals surface area contributed by atoms with E-state index in [4.69, 9.17) is 0 Å². The molecule has 0 spiro atoms. The molecule has 0 bridgehead atoms. The monoisotopic (exact) mass is 492 g/mol. The Morgan fingerprint density at radius 3 is 1.28 bits per heavy atom. The largest absolute Gasteiger partial charge is 2.00 e. The van der Waals surface area contributed by atoms with Gasteiger partial charge in [0.1, 0.15) is 0 Å². The van der Waals surface area contributed by atoms with E-state index >= 15 is 0 Å².